The molecule has 2 rings (SSSR count). The summed E-state index contributed by atoms with van der Waals surface area (Å²) in [6, 6.07) is 9.17. The van der Waals surface area contributed by atoms with Crippen LogP contribution in [0.2, 0.25) is 0 Å². The number of rotatable bonds is 5. The summed E-state index contributed by atoms with van der Waals surface area (Å²) >= 11 is 4.93. The van der Waals surface area contributed by atoms with E-state index in [0.717, 1.165) is 5.56 Å². The van der Waals surface area contributed by atoms with E-state index in [0.29, 0.717) is 17.4 Å². The van der Waals surface area contributed by atoms with Crippen LogP contribution in [0.5, 0.6) is 0 Å². The number of sulfonamides is 1. The molecule has 0 spiro atoms. The molecule has 1 aromatic heterocycles. The van der Waals surface area contributed by atoms with Crippen molar-refractivity contribution in [2.24, 2.45) is 0 Å². The van der Waals surface area contributed by atoms with Crippen LogP contribution in [0.15, 0.2) is 45.1 Å². The maximum atomic E-state index is 12.2. The number of benzene rings is 1. The minimum atomic E-state index is -3.45. The molecule has 0 saturated carbocycles. The van der Waals surface area contributed by atoms with Crippen LogP contribution < -0.4 is 4.72 Å². The fourth-order valence-corrected chi connectivity index (χ4v) is 4.60. The Hall–Kier alpha value is -0.690. The lowest BCUT2D eigenvalue weighted by atomic mass is 10.2. The minimum absolute atomic E-state index is 0.282. The van der Waals surface area contributed by atoms with Gasteiger partial charge in [0, 0.05) is 15.9 Å². The van der Waals surface area contributed by atoms with Gasteiger partial charge in [-0.25, -0.2) is 13.1 Å². The van der Waals surface area contributed by atoms with E-state index in [1.807, 2.05) is 24.4 Å². The second-order valence-corrected chi connectivity index (χ2v) is 7.78. The monoisotopic (exact) mass is 359 g/mol. The van der Waals surface area contributed by atoms with E-state index in [-0.39, 0.29) is 4.90 Å². The summed E-state index contributed by atoms with van der Waals surface area (Å²) in [5.41, 5.74) is 1.02. The molecular formula is C13H14BrNO2S2. The Morgan fingerprint density at radius 1 is 1.32 bits per heavy atom. The van der Waals surface area contributed by atoms with Crippen LogP contribution in [0.25, 0.3) is 0 Å². The van der Waals surface area contributed by atoms with Crippen molar-refractivity contribution in [3.63, 3.8) is 0 Å². The van der Waals surface area contributed by atoms with Gasteiger partial charge in [0.25, 0.3) is 0 Å². The number of hydrogen-bond acceptors (Lipinski definition) is 3. The molecule has 0 amide bonds. The first-order valence-electron chi connectivity index (χ1n) is 5.77. The van der Waals surface area contributed by atoms with Gasteiger partial charge in [0.1, 0.15) is 0 Å². The number of halogens is 1. The largest absolute Gasteiger partial charge is 0.241 e. The van der Waals surface area contributed by atoms with E-state index in [1.54, 1.807) is 29.5 Å². The zero-order valence-corrected chi connectivity index (χ0v) is 13.6. The average Bonchev–Trinajstić information content (AvgIpc) is 2.81. The lowest BCUT2D eigenvalue weighted by molar-refractivity contribution is 0.581. The molecule has 102 valence electrons. The normalized spacial score (nSPS) is 11.7. The van der Waals surface area contributed by atoms with Crippen molar-refractivity contribution in [2.75, 3.05) is 6.54 Å². The summed E-state index contributed by atoms with van der Waals surface area (Å²) in [5, 5.41) is 1.99. The molecule has 19 heavy (non-hydrogen) atoms. The Kier molecular flexibility index (Phi) is 4.78. The molecule has 2 aromatic rings. The van der Waals surface area contributed by atoms with Crippen molar-refractivity contribution in [3.05, 3.63) is 50.6 Å². The molecule has 0 fully saturated rings. The third kappa shape index (κ3) is 3.89. The van der Waals surface area contributed by atoms with Crippen LogP contribution in [0.3, 0.4) is 0 Å². The topological polar surface area (TPSA) is 46.2 Å². The summed E-state index contributed by atoms with van der Waals surface area (Å²) in [6.07, 6.45) is 0.709. The third-order valence-corrected chi connectivity index (χ3v) is 5.99. The number of hydrogen-bond donors (Lipinski definition) is 1. The molecule has 3 nitrogen and oxygen atoms in total. The molecule has 0 atom stereocenters. The van der Waals surface area contributed by atoms with E-state index >= 15 is 0 Å². The molecule has 0 aliphatic heterocycles. The zero-order valence-electron chi connectivity index (χ0n) is 10.4. The van der Waals surface area contributed by atoms with Crippen molar-refractivity contribution < 1.29 is 8.42 Å². The predicted molar refractivity (Wildman–Crippen MR) is 82.1 cm³/mol. The standard InChI is InChI=1S/C13H14BrNO2S2/c1-10-4-5-13(12(14)9-10)19(16,17)15-7-6-11-3-2-8-18-11/h2-5,8-9,15H,6-7H2,1H3. The molecule has 1 heterocycles. The Morgan fingerprint density at radius 3 is 2.74 bits per heavy atom. The van der Waals surface area contributed by atoms with E-state index in [9.17, 15) is 8.42 Å². The van der Waals surface area contributed by atoms with Crippen molar-refractivity contribution in [1.29, 1.82) is 0 Å². The Balaban J connectivity index is 2.05. The molecular weight excluding hydrogens is 346 g/mol. The molecule has 0 unspecified atom stereocenters. The highest BCUT2D eigenvalue weighted by atomic mass is 79.9. The van der Waals surface area contributed by atoms with E-state index < -0.39 is 10.0 Å². The Labute approximate surface area is 125 Å². The van der Waals surface area contributed by atoms with Crippen molar-refractivity contribution in [2.45, 2.75) is 18.2 Å². The van der Waals surface area contributed by atoms with Crippen LogP contribution in [0, 0.1) is 6.92 Å². The Morgan fingerprint density at radius 2 is 2.11 bits per heavy atom. The van der Waals surface area contributed by atoms with Gasteiger partial charge in [0.2, 0.25) is 10.0 Å². The molecule has 6 heteroatoms. The van der Waals surface area contributed by atoms with Gasteiger partial charge >= 0.3 is 0 Å². The highest BCUT2D eigenvalue weighted by Gasteiger charge is 2.16. The van der Waals surface area contributed by atoms with E-state index in [1.165, 1.54) is 4.88 Å². The van der Waals surface area contributed by atoms with E-state index in [4.69, 9.17) is 0 Å². The summed E-state index contributed by atoms with van der Waals surface area (Å²) in [7, 11) is -3.45. The van der Waals surface area contributed by atoms with Gasteiger partial charge in [0.05, 0.1) is 4.90 Å². The van der Waals surface area contributed by atoms with Crippen LogP contribution in [-0.2, 0) is 16.4 Å². The Bertz CT molecular complexity index is 651. The number of thiophene rings is 1. The summed E-state index contributed by atoms with van der Waals surface area (Å²) < 4.78 is 27.5. The second kappa shape index (κ2) is 6.17. The smallest absolute Gasteiger partial charge is 0.211 e. The average molecular weight is 360 g/mol. The molecule has 0 saturated heterocycles. The highest BCUT2D eigenvalue weighted by Crippen LogP contribution is 2.22. The van der Waals surface area contributed by atoms with Crippen molar-refractivity contribution >= 4 is 37.3 Å². The van der Waals surface area contributed by atoms with Crippen LogP contribution in [0.4, 0.5) is 0 Å². The predicted octanol–water partition coefficient (Wildman–Crippen LogP) is 3.34. The second-order valence-electron chi connectivity index (χ2n) is 4.16. The first kappa shape index (κ1) is 14.7. The quantitative estimate of drug-likeness (QED) is 0.889. The molecule has 0 bridgehead atoms. The van der Waals surface area contributed by atoms with Gasteiger partial charge in [-0.1, -0.05) is 12.1 Å². The summed E-state index contributed by atoms with van der Waals surface area (Å²) in [6.45, 7) is 2.33. The molecule has 1 N–H and O–H groups in total. The molecule has 0 aliphatic rings. The maximum Gasteiger partial charge on any atom is 0.241 e. The van der Waals surface area contributed by atoms with Crippen molar-refractivity contribution in [1.82, 2.24) is 4.72 Å². The zero-order chi connectivity index (χ0) is 13.9. The first-order valence-corrected chi connectivity index (χ1v) is 8.93. The van der Waals surface area contributed by atoms with Gasteiger partial charge < -0.3 is 0 Å². The minimum Gasteiger partial charge on any atom is -0.211 e. The summed E-state index contributed by atoms with van der Waals surface area (Å²) in [4.78, 5) is 1.45. The van der Waals surface area contributed by atoms with Gasteiger partial charge in [-0.05, 0) is 58.4 Å². The lowest BCUT2D eigenvalue weighted by Crippen LogP contribution is -2.26. The number of nitrogens with one attached hydrogen (secondary N) is 1. The summed E-state index contributed by atoms with van der Waals surface area (Å²) in [5.74, 6) is 0. The lowest BCUT2D eigenvalue weighted by Gasteiger charge is -2.08. The van der Waals surface area contributed by atoms with Gasteiger partial charge in [-0.15, -0.1) is 11.3 Å². The molecule has 0 aliphatic carbocycles. The van der Waals surface area contributed by atoms with Crippen LogP contribution in [0.1, 0.15) is 10.4 Å². The van der Waals surface area contributed by atoms with Gasteiger partial charge in [-0.3, -0.25) is 0 Å². The molecule has 1 aromatic carbocycles. The highest BCUT2D eigenvalue weighted by molar-refractivity contribution is 9.10. The SMILES string of the molecule is Cc1ccc(S(=O)(=O)NCCc2cccs2)c(Br)c1. The van der Waals surface area contributed by atoms with Gasteiger partial charge in [-0.2, -0.15) is 0 Å². The van der Waals surface area contributed by atoms with Gasteiger partial charge in [0.15, 0.2) is 0 Å². The third-order valence-electron chi connectivity index (χ3n) is 2.62. The van der Waals surface area contributed by atoms with Crippen molar-refractivity contribution in [3.8, 4) is 0 Å². The first-order chi connectivity index (χ1) is 8.99. The van der Waals surface area contributed by atoms with Crippen LogP contribution in [-0.4, -0.2) is 15.0 Å². The number of aryl methyl sites for hydroxylation is 1. The van der Waals surface area contributed by atoms with E-state index in [2.05, 4.69) is 20.7 Å². The fraction of sp³-hybridized carbons (Fsp3) is 0.231. The van der Waals surface area contributed by atoms with Crippen LogP contribution >= 0.6 is 27.3 Å². The fourth-order valence-electron chi connectivity index (χ4n) is 1.66. The maximum absolute atomic E-state index is 12.2. The molecule has 0 radical (unpaired) electrons.